The number of aromatic nitrogens is 18. The summed E-state index contributed by atoms with van der Waals surface area (Å²) in [6, 6.07) is 16.9. The van der Waals surface area contributed by atoms with Gasteiger partial charge in [-0.15, -0.1) is 53.3 Å². The highest BCUT2D eigenvalue weighted by Gasteiger charge is 2.22. The molecule has 34 nitrogen and oxygen atoms in total. The predicted molar refractivity (Wildman–Crippen MR) is 321 cm³/mol. The lowest BCUT2D eigenvalue weighted by Gasteiger charge is -2.09. The molecule has 3 amide bonds. The predicted octanol–water partition coefficient (Wildman–Crippen LogP) is -1.16. The summed E-state index contributed by atoms with van der Waals surface area (Å²) in [4.78, 5) is 113. The highest BCUT2D eigenvalue weighted by molar-refractivity contribution is 7.19. The number of aryl methyl sites for hydroxylation is 3. The Morgan fingerprint density at radius 2 is 0.967 bits per heavy atom. The van der Waals surface area contributed by atoms with Gasteiger partial charge in [0.05, 0.1) is 44.3 Å². The van der Waals surface area contributed by atoms with Crippen molar-refractivity contribution in [2.45, 2.75) is 78.4 Å². The van der Waals surface area contributed by atoms with Crippen LogP contribution in [0, 0.1) is 20.8 Å². The Hall–Kier alpha value is -10.5. The van der Waals surface area contributed by atoms with Gasteiger partial charge in [0, 0.05) is 64.5 Å². The number of aliphatic hydroxyl groups excluding tert-OH is 3. The highest BCUT2D eigenvalue weighted by Crippen LogP contribution is 2.32. The fraction of sp³-hybridized carbons (Fsp3) is 0.283. The number of tetrazole rings is 3. The molecule has 0 unspecified atom stereocenters. The second-order valence-corrected chi connectivity index (χ2v) is 23.1. The van der Waals surface area contributed by atoms with E-state index < -0.39 is 69.8 Å². The van der Waals surface area contributed by atoms with Crippen molar-refractivity contribution in [3.63, 3.8) is 0 Å². The van der Waals surface area contributed by atoms with Crippen molar-refractivity contribution in [3.05, 3.63) is 206 Å². The van der Waals surface area contributed by atoms with Crippen LogP contribution in [0.25, 0.3) is 21.1 Å². The molecule has 468 valence electrons. The second-order valence-electron chi connectivity index (χ2n) is 20.3. The van der Waals surface area contributed by atoms with E-state index in [4.69, 9.17) is 33.2 Å². The average Bonchev–Trinajstić information content (AvgIpc) is 1.39. The molecular weight excluding hydrogens is 1240 g/mol. The van der Waals surface area contributed by atoms with E-state index in [-0.39, 0.29) is 73.4 Å². The second kappa shape index (κ2) is 26.4. The minimum atomic E-state index is -0.945. The maximum absolute atomic E-state index is 12.3. The number of benzene rings is 2. The molecule has 2 aromatic carbocycles. The number of furan rings is 1. The van der Waals surface area contributed by atoms with Crippen LogP contribution in [0.15, 0.2) is 106 Å². The molecule has 0 bridgehead atoms. The van der Waals surface area contributed by atoms with E-state index >= 15 is 0 Å². The minimum Gasteiger partial charge on any atom is -0.461 e. The van der Waals surface area contributed by atoms with Gasteiger partial charge in [0.2, 0.25) is 0 Å². The molecule has 9 aromatic heterocycles. The van der Waals surface area contributed by atoms with Gasteiger partial charge in [-0.1, -0.05) is 35.4 Å². The van der Waals surface area contributed by atoms with Crippen molar-refractivity contribution in [1.82, 2.24) is 88.0 Å². The van der Waals surface area contributed by atoms with Gasteiger partial charge >= 0.3 is 17.1 Å². The molecule has 11 aromatic rings. The molecule has 90 heavy (non-hydrogen) atoms. The Balaban J connectivity index is 0.000000160. The lowest BCUT2D eigenvalue weighted by atomic mass is 10.1. The molecule has 0 radical (unpaired) electrons. The lowest BCUT2D eigenvalue weighted by Crippen LogP contribution is -2.42. The molecule has 11 rings (SSSR count). The van der Waals surface area contributed by atoms with E-state index in [1.165, 1.54) is 58.2 Å². The Morgan fingerprint density at radius 3 is 1.38 bits per heavy atom. The molecule has 9 heterocycles. The first-order valence-corrected chi connectivity index (χ1v) is 28.5. The summed E-state index contributed by atoms with van der Waals surface area (Å²) in [6.45, 7) is 5.47. The number of hydrogen-bond acceptors (Lipinski definition) is 24. The number of aliphatic hydroxyl groups is 3. The largest absolute Gasteiger partial charge is 0.461 e. The topological polar surface area (TPSA) is 466 Å². The number of carbonyl (C=O) groups is 3. The number of thiophene rings is 2. The Bertz CT molecular complexity index is 4800. The van der Waals surface area contributed by atoms with Crippen LogP contribution in [-0.4, -0.2) is 121 Å². The zero-order chi connectivity index (χ0) is 65.2. The normalized spacial score (nSPS) is 12.3. The first-order valence-electron chi connectivity index (χ1n) is 26.5. The van der Waals surface area contributed by atoms with E-state index in [9.17, 15) is 58.5 Å². The molecule has 0 aliphatic rings. The van der Waals surface area contributed by atoms with Crippen molar-refractivity contribution in [2.24, 2.45) is 38.3 Å². The van der Waals surface area contributed by atoms with Gasteiger partial charge in [0.15, 0.2) is 17.5 Å². The standard InChI is InChI=1S/C19H19N7O5.C19H19N7O4S.C15H16ClN7O4S/c1-10-5-12-6-11(3-4-15(12)31-10)14(27)8-26-22-16(21-23-26)9-25-7-13(17(20)28)18(29)24(2)19(25)30;1-10-3-4-14-11(5-10)6-15(31-14)13(27)8-26-22-16(21-23-26)9-25-7-12(17(20)28)18(29)24(2)19(25)30;1-7-9(16)3-11(28-7)10(24)5-23-19-12(18-20-23)6-22-4-8(13(17)25)14(26)21(2)15(22)27/h3-7,14,27H,8-9H2,1-2H3,(H2,20,28);3-7,13,27H,8-9H2,1-2H3,(H2,20,28);3-4,10,24H,5-6H2,1-2H3,(H2,17,25)/t14-;13-;10-/m000/s1. The van der Waals surface area contributed by atoms with E-state index in [2.05, 4.69) is 52.3 Å². The van der Waals surface area contributed by atoms with Gasteiger partial charge < -0.3 is 36.9 Å². The summed E-state index contributed by atoms with van der Waals surface area (Å²) < 4.78 is 12.2. The molecule has 0 aliphatic carbocycles. The Labute approximate surface area is 516 Å². The highest BCUT2D eigenvalue weighted by atomic mass is 35.5. The summed E-state index contributed by atoms with van der Waals surface area (Å²) in [5.74, 6) is -1.56. The van der Waals surface area contributed by atoms with Gasteiger partial charge in [0.25, 0.3) is 34.4 Å². The van der Waals surface area contributed by atoms with Crippen LogP contribution < -0.4 is 50.9 Å². The maximum atomic E-state index is 12.3. The molecule has 3 atom stereocenters. The van der Waals surface area contributed by atoms with E-state index in [1.807, 2.05) is 51.1 Å². The molecule has 0 aliphatic heterocycles. The minimum absolute atomic E-state index is 0.0318. The number of amides is 3. The monoisotopic (exact) mass is 1290 g/mol. The first-order chi connectivity index (χ1) is 42.6. The van der Waals surface area contributed by atoms with Crippen LogP contribution in [0.5, 0.6) is 0 Å². The summed E-state index contributed by atoms with van der Waals surface area (Å²) >= 11 is 8.86. The number of carbonyl (C=O) groups excluding carboxylic acids is 3. The SMILES string of the molecule is Cc1cc2cc([C@@H](O)Cn3nnc(Cn4cc(C(N)=O)c(=O)n(C)c4=O)n3)ccc2o1.Cc1ccc2sc([C@@H](O)Cn3nnc(Cn4cc(C(N)=O)c(=O)n(C)c4=O)n3)cc2c1.Cc1sc([C@@H](O)Cn2nnc(Cn3cc(C(N)=O)c(=O)n(C)c3=O)n2)cc1Cl. The average molecular weight is 1290 g/mol. The number of nitrogens with zero attached hydrogens (tertiary/aromatic N) is 18. The number of rotatable bonds is 18. The number of hydrogen-bond donors (Lipinski definition) is 6. The Kier molecular flexibility index (Phi) is 18.8. The zero-order valence-electron chi connectivity index (χ0n) is 48.3. The molecule has 0 saturated carbocycles. The van der Waals surface area contributed by atoms with Gasteiger partial charge in [-0.25, -0.2) is 14.4 Å². The van der Waals surface area contributed by atoms with Crippen LogP contribution in [0.4, 0.5) is 0 Å². The van der Waals surface area contributed by atoms with Gasteiger partial charge in [-0.2, -0.15) is 14.4 Å². The summed E-state index contributed by atoms with van der Waals surface area (Å²) in [5.41, 5.74) is 12.8. The van der Waals surface area contributed by atoms with Crippen LogP contribution in [0.2, 0.25) is 5.02 Å². The zero-order valence-corrected chi connectivity index (χ0v) is 50.7. The number of nitrogens with two attached hydrogens (primary N) is 3. The third-order valence-corrected chi connectivity index (χ3v) is 16.4. The van der Waals surface area contributed by atoms with Crippen LogP contribution in [0.1, 0.15) is 98.4 Å². The molecule has 0 fully saturated rings. The fourth-order valence-electron chi connectivity index (χ4n) is 8.88. The summed E-state index contributed by atoms with van der Waals surface area (Å²) in [7, 11) is 3.73. The van der Waals surface area contributed by atoms with Crippen LogP contribution >= 0.6 is 34.3 Å². The fourth-order valence-corrected chi connectivity index (χ4v) is 11.1. The van der Waals surface area contributed by atoms with Gasteiger partial charge in [-0.05, 0) is 83.8 Å². The molecule has 0 spiro atoms. The molecule has 37 heteroatoms. The number of primary amides is 3. The van der Waals surface area contributed by atoms with Crippen molar-refractivity contribution < 1.29 is 34.1 Å². The number of fused-ring (bicyclic) bond motifs is 2. The smallest absolute Gasteiger partial charge is 0.331 e. The third-order valence-electron chi connectivity index (χ3n) is 13.6. The van der Waals surface area contributed by atoms with Crippen molar-refractivity contribution >= 4 is 73.1 Å². The van der Waals surface area contributed by atoms with Gasteiger partial charge in [0.1, 0.15) is 46.3 Å². The lowest BCUT2D eigenvalue weighted by molar-refractivity contribution is 0.0988. The van der Waals surface area contributed by atoms with Crippen molar-refractivity contribution in [2.75, 3.05) is 0 Å². The summed E-state index contributed by atoms with van der Waals surface area (Å²) in [6.07, 6.45) is 0.621. The van der Waals surface area contributed by atoms with Gasteiger partial charge in [-0.3, -0.25) is 56.2 Å². The van der Waals surface area contributed by atoms with E-state index in [0.717, 1.165) is 88.1 Å². The van der Waals surface area contributed by atoms with E-state index in [1.54, 1.807) is 18.2 Å². The Morgan fingerprint density at radius 1 is 0.544 bits per heavy atom. The molecule has 9 N–H and O–H groups in total. The summed E-state index contributed by atoms with van der Waals surface area (Å²) in [5, 5.41) is 69.6. The number of halogens is 1. The van der Waals surface area contributed by atoms with Crippen molar-refractivity contribution in [1.29, 1.82) is 0 Å². The first kappa shape index (κ1) is 64.0. The van der Waals surface area contributed by atoms with E-state index in [0.29, 0.717) is 15.5 Å². The quantitative estimate of drug-likeness (QED) is 0.0590. The van der Waals surface area contributed by atoms with Crippen LogP contribution in [-0.2, 0) is 60.4 Å². The van der Waals surface area contributed by atoms with Crippen molar-refractivity contribution in [3.8, 4) is 0 Å². The third kappa shape index (κ3) is 14.2. The molecule has 0 saturated heterocycles. The molecular formula is C53H54ClN21O13S2. The van der Waals surface area contributed by atoms with Crippen LogP contribution in [0.3, 0.4) is 0 Å². The maximum Gasteiger partial charge on any atom is 0.331 e.